The minimum Gasteiger partial charge on any atom is -0.493 e. The number of rotatable bonds is 6. The van der Waals surface area contributed by atoms with Crippen molar-refractivity contribution in [3.8, 4) is 23.0 Å². The number of hydrogen-bond donors (Lipinski definition) is 0. The van der Waals surface area contributed by atoms with E-state index < -0.39 is 5.97 Å². The van der Waals surface area contributed by atoms with Gasteiger partial charge in [0.2, 0.25) is 5.78 Å². The molecule has 0 saturated carbocycles. The van der Waals surface area contributed by atoms with Crippen LogP contribution in [-0.4, -0.2) is 26.0 Å². The highest BCUT2D eigenvalue weighted by atomic mass is 16.5. The number of ketones is 1. The van der Waals surface area contributed by atoms with Gasteiger partial charge >= 0.3 is 5.97 Å². The number of Topliss-reactive ketones (excluding diaryl/α,β-unsaturated/α-hetero) is 1. The number of methoxy groups -OCH3 is 2. The smallest absolute Gasteiger partial charge is 0.336 e. The van der Waals surface area contributed by atoms with Crippen molar-refractivity contribution in [2.45, 2.75) is 0 Å². The van der Waals surface area contributed by atoms with Crippen LogP contribution in [0.15, 0.2) is 78.6 Å². The second-order valence-corrected chi connectivity index (χ2v) is 6.85. The number of esters is 1. The molecule has 160 valence electrons. The van der Waals surface area contributed by atoms with Gasteiger partial charge in [0.15, 0.2) is 17.3 Å². The molecular weight excluding hydrogens is 408 g/mol. The molecule has 3 aromatic rings. The van der Waals surface area contributed by atoms with Crippen molar-refractivity contribution < 1.29 is 28.5 Å². The van der Waals surface area contributed by atoms with Gasteiger partial charge in [-0.2, -0.15) is 0 Å². The highest BCUT2D eigenvalue weighted by Gasteiger charge is 2.28. The van der Waals surface area contributed by atoms with Crippen molar-refractivity contribution in [3.63, 3.8) is 0 Å². The second kappa shape index (κ2) is 9.22. The Kier molecular flexibility index (Phi) is 6.03. The summed E-state index contributed by atoms with van der Waals surface area (Å²) in [7, 11) is 3.07. The van der Waals surface area contributed by atoms with Crippen LogP contribution in [0.2, 0.25) is 0 Å². The van der Waals surface area contributed by atoms with Crippen LogP contribution >= 0.6 is 0 Å². The third-order valence-corrected chi connectivity index (χ3v) is 4.79. The summed E-state index contributed by atoms with van der Waals surface area (Å²) in [5, 5.41) is 0. The lowest BCUT2D eigenvalue weighted by Crippen LogP contribution is -2.03. The van der Waals surface area contributed by atoms with Gasteiger partial charge in [0.1, 0.15) is 11.5 Å². The molecule has 0 atom stereocenters. The van der Waals surface area contributed by atoms with E-state index in [4.69, 9.17) is 18.9 Å². The third-order valence-electron chi connectivity index (χ3n) is 4.79. The van der Waals surface area contributed by atoms with Crippen molar-refractivity contribution in [1.82, 2.24) is 0 Å². The monoisotopic (exact) mass is 428 g/mol. The fourth-order valence-corrected chi connectivity index (χ4v) is 3.28. The van der Waals surface area contributed by atoms with Crippen LogP contribution in [0.3, 0.4) is 0 Å². The predicted octanol–water partition coefficient (Wildman–Crippen LogP) is 4.94. The van der Waals surface area contributed by atoms with Crippen molar-refractivity contribution in [2.24, 2.45) is 0 Å². The molecule has 3 aromatic carbocycles. The van der Waals surface area contributed by atoms with E-state index in [2.05, 4.69) is 0 Å². The molecule has 0 fully saturated rings. The zero-order valence-electron chi connectivity index (χ0n) is 17.5. The molecule has 0 bridgehead atoms. The standard InChI is InChI=1S/C26H20O6/c1-29-21-10-6-9-18(26(21)30-2)15-23-25(28)20-13-12-19(16-22(20)32-23)31-24(27)14-11-17-7-4-3-5-8-17/h3-16H,1-2H3/b14-11+,23-15-. The molecule has 1 aliphatic heterocycles. The first-order valence-electron chi connectivity index (χ1n) is 9.83. The van der Waals surface area contributed by atoms with E-state index in [-0.39, 0.29) is 17.3 Å². The van der Waals surface area contributed by atoms with Gasteiger partial charge in [-0.15, -0.1) is 0 Å². The molecule has 6 heteroatoms. The maximum Gasteiger partial charge on any atom is 0.336 e. The summed E-state index contributed by atoms with van der Waals surface area (Å²) in [6, 6.07) is 19.4. The molecule has 0 amide bonds. The number of ether oxygens (including phenoxy) is 4. The van der Waals surface area contributed by atoms with Crippen molar-refractivity contribution in [1.29, 1.82) is 0 Å². The zero-order valence-corrected chi connectivity index (χ0v) is 17.5. The van der Waals surface area contributed by atoms with E-state index >= 15 is 0 Å². The summed E-state index contributed by atoms with van der Waals surface area (Å²) in [6.45, 7) is 0. The molecule has 0 spiro atoms. The quantitative estimate of drug-likeness (QED) is 0.315. The Morgan fingerprint density at radius 3 is 2.50 bits per heavy atom. The van der Waals surface area contributed by atoms with Crippen LogP contribution in [0.1, 0.15) is 21.5 Å². The van der Waals surface area contributed by atoms with Gasteiger partial charge in [-0.3, -0.25) is 4.79 Å². The van der Waals surface area contributed by atoms with E-state index in [9.17, 15) is 9.59 Å². The normalized spacial score (nSPS) is 13.7. The Labute approximate surface area is 185 Å². The van der Waals surface area contributed by atoms with Gasteiger partial charge in [-0.1, -0.05) is 42.5 Å². The van der Waals surface area contributed by atoms with E-state index in [1.54, 1.807) is 49.6 Å². The van der Waals surface area contributed by atoms with E-state index in [1.165, 1.54) is 19.3 Å². The number of allylic oxidation sites excluding steroid dienone is 1. The maximum atomic E-state index is 12.8. The number of carbonyl (C=O) groups is 2. The predicted molar refractivity (Wildman–Crippen MR) is 120 cm³/mol. The first-order chi connectivity index (χ1) is 15.6. The number of carbonyl (C=O) groups excluding carboxylic acids is 2. The van der Waals surface area contributed by atoms with Gasteiger partial charge in [0.05, 0.1) is 19.8 Å². The van der Waals surface area contributed by atoms with Gasteiger partial charge < -0.3 is 18.9 Å². The number of benzene rings is 3. The molecular formula is C26H20O6. The average Bonchev–Trinajstić information content (AvgIpc) is 3.12. The molecule has 0 radical (unpaired) electrons. The minimum atomic E-state index is -0.532. The van der Waals surface area contributed by atoms with Crippen LogP contribution < -0.4 is 18.9 Å². The lowest BCUT2D eigenvalue weighted by Gasteiger charge is -2.10. The van der Waals surface area contributed by atoms with E-state index in [0.29, 0.717) is 28.4 Å². The largest absolute Gasteiger partial charge is 0.493 e. The lowest BCUT2D eigenvalue weighted by molar-refractivity contribution is -0.128. The van der Waals surface area contributed by atoms with Gasteiger partial charge in [-0.25, -0.2) is 4.79 Å². The Balaban J connectivity index is 1.52. The summed E-state index contributed by atoms with van der Waals surface area (Å²) in [4.78, 5) is 24.9. The van der Waals surface area contributed by atoms with Crippen LogP contribution in [0, 0.1) is 0 Å². The molecule has 32 heavy (non-hydrogen) atoms. The molecule has 1 heterocycles. The molecule has 0 unspecified atom stereocenters. The minimum absolute atomic E-state index is 0.138. The van der Waals surface area contributed by atoms with Crippen LogP contribution in [-0.2, 0) is 4.79 Å². The second-order valence-electron chi connectivity index (χ2n) is 6.85. The lowest BCUT2D eigenvalue weighted by atomic mass is 10.1. The Bertz CT molecular complexity index is 1220. The number of hydrogen-bond acceptors (Lipinski definition) is 6. The summed E-state index contributed by atoms with van der Waals surface area (Å²) >= 11 is 0. The van der Waals surface area contributed by atoms with Crippen LogP contribution in [0.4, 0.5) is 0 Å². The van der Waals surface area contributed by atoms with Crippen LogP contribution in [0.5, 0.6) is 23.0 Å². The summed E-state index contributed by atoms with van der Waals surface area (Å²) in [5.41, 5.74) is 1.91. The topological polar surface area (TPSA) is 71.1 Å². The molecule has 0 aliphatic carbocycles. The summed E-state index contributed by atoms with van der Waals surface area (Å²) in [6.07, 6.45) is 4.60. The number of fused-ring (bicyclic) bond motifs is 1. The molecule has 0 aromatic heterocycles. The number of para-hydroxylation sites is 1. The van der Waals surface area contributed by atoms with Crippen molar-refractivity contribution in [2.75, 3.05) is 14.2 Å². The average molecular weight is 428 g/mol. The Hall–Kier alpha value is -4.32. The molecule has 0 N–H and O–H groups in total. The zero-order chi connectivity index (χ0) is 22.5. The SMILES string of the molecule is COc1cccc(/C=C2\Oc3cc(OC(=O)/C=C/c4ccccc4)ccc3C2=O)c1OC. The van der Waals surface area contributed by atoms with Gasteiger partial charge in [0.25, 0.3) is 0 Å². The highest BCUT2D eigenvalue weighted by molar-refractivity contribution is 6.14. The molecule has 1 aliphatic rings. The molecule has 4 rings (SSSR count). The fourth-order valence-electron chi connectivity index (χ4n) is 3.28. The van der Waals surface area contributed by atoms with Gasteiger partial charge in [0, 0.05) is 17.7 Å². The Morgan fingerprint density at radius 2 is 1.75 bits per heavy atom. The highest BCUT2D eigenvalue weighted by Crippen LogP contribution is 2.37. The van der Waals surface area contributed by atoms with E-state index in [1.807, 2.05) is 30.3 Å². The fraction of sp³-hybridized carbons (Fsp3) is 0.0769. The van der Waals surface area contributed by atoms with Crippen molar-refractivity contribution >= 4 is 23.9 Å². The van der Waals surface area contributed by atoms with Crippen molar-refractivity contribution in [3.05, 3.63) is 95.3 Å². The summed E-state index contributed by atoms with van der Waals surface area (Å²) < 4.78 is 21.8. The van der Waals surface area contributed by atoms with Crippen LogP contribution in [0.25, 0.3) is 12.2 Å². The molecule has 0 saturated heterocycles. The summed E-state index contributed by atoms with van der Waals surface area (Å²) in [5.74, 6) is 0.970. The first-order valence-corrected chi connectivity index (χ1v) is 9.83. The first kappa shape index (κ1) is 20.9. The maximum absolute atomic E-state index is 12.8. The Morgan fingerprint density at radius 1 is 0.938 bits per heavy atom. The molecule has 6 nitrogen and oxygen atoms in total. The van der Waals surface area contributed by atoms with E-state index in [0.717, 1.165) is 5.56 Å². The van der Waals surface area contributed by atoms with Gasteiger partial charge in [-0.05, 0) is 35.9 Å². The third kappa shape index (κ3) is 4.39.